The Morgan fingerprint density at radius 2 is 1.63 bits per heavy atom. The van der Waals surface area contributed by atoms with E-state index in [1.165, 1.54) is 5.56 Å². The molecule has 1 heterocycles. The molecule has 1 saturated heterocycles. The van der Waals surface area contributed by atoms with E-state index in [-0.39, 0.29) is 29.1 Å². The number of para-hydroxylation sites is 1. The molecule has 1 aliphatic heterocycles. The van der Waals surface area contributed by atoms with Gasteiger partial charge in [-0.3, -0.25) is 14.4 Å². The quantitative estimate of drug-likeness (QED) is 0.474. The van der Waals surface area contributed by atoms with Crippen LogP contribution in [0.3, 0.4) is 0 Å². The first-order valence-electron chi connectivity index (χ1n) is 11.7. The lowest BCUT2D eigenvalue weighted by Gasteiger charge is -2.24. The first-order chi connectivity index (χ1) is 16.9. The van der Waals surface area contributed by atoms with E-state index in [0.29, 0.717) is 29.1 Å². The topological polar surface area (TPSA) is 78.5 Å². The molecule has 0 unspecified atom stereocenters. The number of nitrogens with one attached hydrogen (secondary N) is 2. The fraction of sp³-hybridized carbons (Fsp3) is 0.250. The van der Waals surface area contributed by atoms with E-state index >= 15 is 0 Å². The highest BCUT2D eigenvalue weighted by Crippen LogP contribution is 2.38. The summed E-state index contributed by atoms with van der Waals surface area (Å²) in [5.74, 6) is 0.0629. The lowest BCUT2D eigenvalue weighted by Crippen LogP contribution is -2.31. The molecule has 0 spiro atoms. The van der Waals surface area contributed by atoms with Crippen LogP contribution in [0.15, 0.2) is 78.9 Å². The van der Waals surface area contributed by atoms with Crippen molar-refractivity contribution >= 4 is 35.2 Å². The fourth-order valence-corrected chi connectivity index (χ4v) is 5.21. The van der Waals surface area contributed by atoms with Crippen molar-refractivity contribution in [1.29, 1.82) is 0 Å². The van der Waals surface area contributed by atoms with Gasteiger partial charge in [0, 0.05) is 18.2 Å². The molecule has 1 fully saturated rings. The average Bonchev–Trinajstić information content (AvgIpc) is 3.23. The summed E-state index contributed by atoms with van der Waals surface area (Å²) in [6, 6.07) is 24.4. The SMILES string of the molecule is CC(C)NC(=O)c1ccccc1NC(=O)c1ccc([C@@H]2SCC(=O)N2CCc2ccccc2)cc1. The fourth-order valence-electron chi connectivity index (χ4n) is 3.99. The Bertz CT molecular complexity index is 1200. The van der Waals surface area contributed by atoms with E-state index in [4.69, 9.17) is 0 Å². The van der Waals surface area contributed by atoms with Crippen LogP contribution >= 0.6 is 11.8 Å². The first-order valence-corrected chi connectivity index (χ1v) is 12.7. The highest BCUT2D eigenvalue weighted by Gasteiger charge is 2.32. The van der Waals surface area contributed by atoms with Crippen LogP contribution in [-0.2, 0) is 11.2 Å². The van der Waals surface area contributed by atoms with Crippen LogP contribution in [0.1, 0.15) is 51.1 Å². The Kier molecular flexibility index (Phi) is 7.87. The molecule has 3 aromatic rings. The van der Waals surface area contributed by atoms with Crippen molar-refractivity contribution in [2.45, 2.75) is 31.7 Å². The highest BCUT2D eigenvalue weighted by atomic mass is 32.2. The molecule has 1 atom stereocenters. The first kappa shape index (κ1) is 24.5. The molecule has 35 heavy (non-hydrogen) atoms. The van der Waals surface area contributed by atoms with Crippen molar-refractivity contribution in [3.63, 3.8) is 0 Å². The molecule has 0 bridgehead atoms. The van der Waals surface area contributed by atoms with Gasteiger partial charge in [0.2, 0.25) is 5.91 Å². The van der Waals surface area contributed by atoms with Gasteiger partial charge in [0.1, 0.15) is 5.37 Å². The zero-order valence-corrected chi connectivity index (χ0v) is 20.7. The molecule has 2 N–H and O–H groups in total. The number of benzene rings is 3. The Morgan fingerprint density at radius 1 is 0.943 bits per heavy atom. The summed E-state index contributed by atoms with van der Waals surface area (Å²) >= 11 is 1.60. The largest absolute Gasteiger partial charge is 0.350 e. The summed E-state index contributed by atoms with van der Waals surface area (Å²) in [6.07, 6.45) is 0.800. The molecule has 4 rings (SSSR count). The third kappa shape index (κ3) is 6.11. The maximum atomic E-state index is 12.9. The second-order valence-electron chi connectivity index (χ2n) is 8.74. The van der Waals surface area contributed by atoms with E-state index in [2.05, 4.69) is 22.8 Å². The zero-order valence-electron chi connectivity index (χ0n) is 19.9. The van der Waals surface area contributed by atoms with Gasteiger partial charge in [0.25, 0.3) is 11.8 Å². The van der Waals surface area contributed by atoms with Crippen molar-refractivity contribution in [2.24, 2.45) is 0 Å². The molecular weight excluding hydrogens is 458 g/mol. The molecule has 0 aromatic heterocycles. The molecule has 0 radical (unpaired) electrons. The number of thioether (sulfide) groups is 1. The summed E-state index contributed by atoms with van der Waals surface area (Å²) in [4.78, 5) is 39.8. The number of anilines is 1. The van der Waals surface area contributed by atoms with Gasteiger partial charge in [-0.15, -0.1) is 11.8 Å². The number of carbonyl (C=O) groups excluding carboxylic acids is 3. The minimum absolute atomic E-state index is 0.00796. The molecule has 0 aliphatic carbocycles. The minimum atomic E-state index is -0.294. The Hall–Kier alpha value is -3.58. The lowest BCUT2D eigenvalue weighted by atomic mass is 10.1. The van der Waals surface area contributed by atoms with Crippen molar-refractivity contribution in [1.82, 2.24) is 10.2 Å². The number of amides is 3. The summed E-state index contributed by atoms with van der Waals surface area (Å²) in [5, 5.41) is 5.64. The average molecular weight is 488 g/mol. The third-order valence-electron chi connectivity index (χ3n) is 5.75. The third-order valence-corrected chi connectivity index (χ3v) is 7.01. The van der Waals surface area contributed by atoms with Gasteiger partial charge in [-0.2, -0.15) is 0 Å². The second-order valence-corrected chi connectivity index (χ2v) is 9.80. The number of hydrogen-bond donors (Lipinski definition) is 2. The standard InChI is InChI=1S/C28H29N3O3S/c1-19(2)29-27(34)23-10-6-7-11-24(23)30-26(33)21-12-14-22(15-13-21)28-31(25(32)18-35-28)17-16-20-8-4-3-5-9-20/h3-15,19,28H,16-18H2,1-2H3,(H,29,34)(H,30,33)/t28-/m0/s1. The van der Waals surface area contributed by atoms with Crippen molar-refractivity contribution in [3.05, 3.63) is 101 Å². The van der Waals surface area contributed by atoms with Crippen molar-refractivity contribution < 1.29 is 14.4 Å². The maximum Gasteiger partial charge on any atom is 0.255 e. The van der Waals surface area contributed by atoms with Crippen molar-refractivity contribution in [2.75, 3.05) is 17.6 Å². The van der Waals surface area contributed by atoms with E-state index in [0.717, 1.165) is 12.0 Å². The van der Waals surface area contributed by atoms with Gasteiger partial charge in [-0.25, -0.2) is 0 Å². The van der Waals surface area contributed by atoms with Crippen molar-refractivity contribution in [3.8, 4) is 0 Å². The maximum absolute atomic E-state index is 12.9. The van der Waals surface area contributed by atoms with Gasteiger partial charge in [0.15, 0.2) is 0 Å². The number of carbonyl (C=O) groups is 3. The summed E-state index contributed by atoms with van der Waals surface area (Å²) in [5.41, 5.74) is 3.55. The highest BCUT2D eigenvalue weighted by molar-refractivity contribution is 8.00. The molecule has 3 aromatic carbocycles. The predicted octanol–water partition coefficient (Wildman–Crippen LogP) is 4.89. The van der Waals surface area contributed by atoms with E-state index < -0.39 is 0 Å². The van der Waals surface area contributed by atoms with E-state index in [1.807, 2.05) is 49.1 Å². The van der Waals surface area contributed by atoms with Gasteiger partial charge in [0.05, 0.1) is 17.0 Å². The Balaban J connectivity index is 1.44. The number of hydrogen-bond acceptors (Lipinski definition) is 4. The van der Waals surface area contributed by atoms with Crippen LogP contribution in [0.2, 0.25) is 0 Å². The normalized spacial score (nSPS) is 15.3. The predicted molar refractivity (Wildman–Crippen MR) is 140 cm³/mol. The second kappa shape index (κ2) is 11.2. The molecule has 7 heteroatoms. The lowest BCUT2D eigenvalue weighted by molar-refractivity contribution is -0.128. The summed E-state index contributed by atoms with van der Waals surface area (Å²) in [7, 11) is 0. The molecule has 0 saturated carbocycles. The minimum Gasteiger partial charge on any atom is -0.350 e. The van der Waals surface area contributed by atoms with Crippen LogP contribution in [0.4, 0.5) is 5.69 Å². The molecular formula is C28H29N3O3S. The number of rotatable bonds is 8. The molecule has 6 nitrogen and oxygen atoms in total. The van der Waals surface area contributed by atoms with Crippen LogP contribution in [0.25, 0.3) is 0 Å². The Labute approximate surface area is 210 Å². The van der Waals surface area contributed by atoms with Crippen LogP contribution < -0.4 is 10.6 Å². The van der Waals surface area contributed by atoms with Crippen LogP contribution in [0, 0.1) is 0 Å². The zero-order chi connectivity index (χ0) is 24.8. The smallest absolute Gasteiger partial charge is 0.255 e. The van der Waals surface area contributed by atoms with E-state index in [1.54, 1.807) is 48.2 Å². The van der Waals surface area contributed by atoms with Crippen LogP contribution in [-0.4, -0.2) is 41.0 Å². The van der Waals surface area contributed by atoms with Crippen LogP contribution in [0.5, 0.6) is 0 Å². The van der Waals surface area contributed by atoms with Gasteiger partial charge < -0.3 is 15.5 Å². The molecule has 180 valence electrons. The summed E-state index contributed by atoms with van der Waals surface area (Å²) in [6.45, 7) is 4.43. The molecule has 1 aliphatic rings. The van der Waals surface area contributed by atoms with Gasteiger partial charge in [-0.1, -0.05) is 54.6 Å². The molecule has 3 amide bonds. The Morgan fingerprint density at radius 3 is 2.34 bits per heavy atom. The monoisotopic (exact) mass is 487 g/mol. The van der Waals surface area contributed by atoms with Gasteiger partial charge >= 0.3 is 0 Å². The van der Waals surface area contributed by atoms with Gasteiger partial charge in [-0.05, 0) is 55.7 Å². The summed E-state index contributed by atoms with van der Waals surface area (Å²) < 4.78 is 0. The number of nitrogens with zero attached hydrogens (tertiary/aromatic N) is 1. The van der Waals surface area contributed by atoms with E-state index in [9.17, 15) is 14.4 Å².